The summed E-state index contributed by atoms with van der Waals surface area (Å²) in [7, 11) is 0. The van der Waals surface area contributed by atoms with Gasteiger partial charge >= 0.3 is 0 Å². The number of nitrogens with zero attached hydrogens (tertiary/aromatic N) is 2. The van der Waals surface area contributed by atoms with Crippen LogP contribution in [0.4, 0.5) is 0 Å². The van der Waals surface area contributed by atoms with Gasteiger partial charge < -0.3 is 4.74 Å². The van der Waals surface area contributed by atoms with Gasteiger partial charge in [-0.15, -0.1) is 0 Å². The highest BCUT2D eigenvalue weighted by molar-refractivity contribution is 6.24. The van der Waals surface area contributed by atoms with Crippen LogP contribution < -0.4 is 4.74 Å². The lowest BCUT2D eigenvalue weighted by Gasteiger charge is -2.11. The van der Waals surface area contributed by atoms with Gasteiger partial charge in [0.2, 0.25) is 0 Å². The van der Waals surface area contributed by atoms with Gasteiger partial charge in [-0.3, -0.25) is 9.78 Å². The molecule has 2 aromatic heterocycles. The van der Waals surface area contributed by atoms with E-state index >= 15 is 0 Å². The van der Waals surface area contributed by atoms with Gasteiger partial charge in [0.25, 0.3) is 0 Å². The number of rotatable bonds is 6. The average Bonchev–Trinajstić information content (AvgIpc) is 2.77. The van der Waals surface area contributed by atoms with Crippen molar-refractivity contribution in [3.63, 3.8) is 0 Å². The third-order valence-corrected chi connectivity index (χ3v) is 4.62. The number of hydrogen-bond acceptors (Lipinski definition) is 4. The lowest BCUT2D eigenvalue weighted by Crippen LogP contribution is -2.01. The molecule has 4 aromatic rings. The molecule has 4 nitrogen and oxygen atoms in total. The standard InChI is InChI=1S/C25H20N2O2/c1-18(28)23(19-12-14-26-15-13-19)16-21-7-3-5-9-25(21)29-17-22-11-10-20-6-2-4-8-24(20)27-22/h2-16H,17H2,1H3. The second kappa shape index (κ2) is 8.48. The largest absolute Gasteiger partial charge is 0.487 e. The van der Waals surface area contributed by atoms with Crippen molar-refractivity contribution in [2.24, 2.45) is 0 Å². The average molecular weight is 380 g/mol. The SMILES string of the molecule is CC(=O)C(=Cc1ccccc1OCc1ccc2ccccc2n1)c1ccncc1. The summed E-state index contributed by atoms with van der Waals surface area (Å²) in [5.41, 5.74) is 4.09. The van der Waals surface area contributed by atoms with E-state index in [2.05, 4.69) is 9.97 Å². The Morgan fingerprint density at radius 2 is 1.69 bits per heavy atom. The summed E-state index contributed by atoms with van der Waals surface area (Å²) in [4.78, 5) is 20.9. The van der Waals surface area contributed by atoms with E-state index in [1.807, 2.05) is 78.9 Å². The number of hydrogen-bond donors (Lipinski definition) is 0. The van der Waals surface area contributed by atoms with Crippen molar-refractivity contribution in [1.82, 2.24) is 9.97 Å². The Bertz CT molecular complexity index is 1180. The number of allylic oxidation sites excluding steroid dienone is 1. The fourth-order valence-electron chi connectivity index (χ4n) is 3.15. The van der Waals surface area contributed by atoms with Gasteiger partial charge in [0.1, 0.15) is 12.4 Å². The van der Waals surface area contributed by atoms with E-state index in [1.165, 1.54) is 0 Å². The van der Waals surface area contributed by atoms with Gasteiger partial charge in [-0.05, 0) is 48.9 Å². The molecule has 0 atom stereocenters. The normalized spacial score (nSPS) is 11.4. The van der Waals surface area contributed by atoms with Gasteiger partial charge in [-0.25, -0.2) is 4.98 Å². The molecule has 0 saturated carbocycles. The summed E-state index contributed by atoms with van der Waals surface area (Å²) in [5, 5.41) is 1.10. The molecule has 0 unspecified atom stereocenters. The molecule has 4 heteroatoms. The van der Waals surface area contributed by atoms with E-state index in [-0.39, 0.29) is 5.78 Å². The number of ketones is 1. The number of ether oxygens (including phenoxy) is 1. The van der Waals surface area contributed by atoms with Crippen molar-refractivity contribution in [1.29, 1.82) is 0 Å². The molecule has 2 aromatic carbocycles. The zero-order chi connectivity index (χ0) is 20.1. The highest BCUT2D eigenvalue weighted by atomic mass is 16.5. The molecule has 0 aliphatic carbocycles. The van der Waals surface area contributed by atoms with Gasteiger partial charge in [0.05, 0.1) is 11.2 Å². The second-order valence-electron chi connectivity index (χ2n) is 6.67. The first-order chi connectivity index (χ1) is 14.2. The Labute approximate surface area is 169 Å². The number of Topliss-reactive ketones (excluding diaryl/α,β-unsaturated/α-hetero) is 1. The number of para-hydroxylation sites is 2. The summed E-state index contributed by atoms with van der Waals surface area (Å²) in [6.45, 7) is 1.91. The van der Waals surface area contributed by atoms with Gasteiger partial charge in [-0.2, -0.15) is 0 Å². The third-order valence-electron chi connectivity index (χ3n) is 4.62. The molecule has 4 rings (SSSR count). The maximum Gasteiger partial charge on any atom is 0.160 e. The van der Waals surface area contributed by atoms with E-state index in [0.29, 0.717) is 17.9 Å². The molecule has 2 heterocycles. The summed E-state index contributed by atoms with van der Waals surface area (Å²) in [5.74, 6) is 0.692. The molecule has 0 aliphatic heterocycles. The molecule has 0 amide bonds. The van der Waals surface area contributed by atoms with Crippen LogP contribution in [-0.4, -0.2) is 15.8 Å². The van der Waals surface area contributed by atoms with Crippen LogP contribution >= 0.6 is 0 Å². The molecule has 0 saturated heterocycles. The molecule has 0 radical (unpaired) electrons. The zero-order valence-corrected chi connectivity index (χ0v) is 16.1. The molecule has 0 fully saturated rings. The van der Waals surface area contributed by atoms with Gasteiger partial charge in [-0.1, -0.05) is 42.5 Å². The quantitative estimate of drug-likeness (QED) is 0.424. The predicted molar refractivity (Wildman–Crippen MR) is 115 cm³/mol. The molecular weight excluding hydrogens is 360 g/mol. The minimum absolute atomic E-state index is 0.0119. The number of fused-ring (bicyclic) bond motifs is 1. The van der Waals surface area contributed by atoms with Crippen molar-refractivity contribution in [3.8, 4) is 5.75 Å². The van der Waals surface area contributed by atoms with Crippen LogP contribution in [0.25, 0.3) is 22.6 Å². The zero-order valence-electron chi connectivity index (χ0n) is 16.1. The lowest BCUT2D eigenvalue weighted by molar-refractivity contribution is -0.111. The van der Waals surface area contributed by atoms with Crippen LogP contribution in [-0.2, 0) is 11.4 Å². The van der Waals surface area contributed by atoms with Crippen LogP contribution in [0.2, 0.25) is 0 Å². The first kappa shape index (κ1) is 18.6. The Morgan fingerprint density at radius 3 is 2.52 bits per heavy atom. The van der Waals surface area contributed by atoms with Crippen molar-refractivity contribution in [2.75, 3.05) is 0 Å². The maximum absolute atomic E-state index is 12.2. The van der Waals surface area contributed by atoms with E-state index in [1.54, 1.807) is 19.3 Å². The Morgan fingerprint density at radius 1 is 0.931 bits per heavy atom. The molecule has 142 valence electrons. The molecule has 0 N–H and O–H groups in total. The summed E-state index contributed by atoms with van der Waals surface area (Å²) < 4.78 is 6.06. The molecular formula is C25H20N2O2. The fourth-order valence-corrected chi connectivity index (χ4v) is 3.15. The smallest absolute Gasteiger partial charge is 0.160 e. The first-order valence-electron chi connectivity index (χ1n) is 9.40. The van der Waals surface area contributed by atoms with E-state index in [9.17, 15) is 4.79 Å². The summed E-state index contributed by atoms with van der Waals surface area (Å²) in [6, 6.07) is 23.4. The maximum atomic E-state index is 12.2. The molecule has 0 spiro atoms. The van der Waals surface area contributed by atoms with Crippen LogP contribution in [0, 0.1) is 0 Å². The van der Waals surface area contributed by atoms with Crippen LogP contribution in [0.3, 0.4) is 0 Å². The number of carbonyl (C=O) groups is 1. The topological polar surface area (TPSA) is 52.1 Å². The highest BCUT2D eigenvalue weighted by Gasteiger charge is 2.10. The van der Waals surface area contributed by atoms with Crippen molar-refractivity contribution < 1.29 is 9.53 Å². The minimum atomic E-state index is -0.0119. The lowest BCUT2D eigenvalue weighted by atomic mass is 10.0. The first-order valence-corrected chi connectivity index (χ1v) is 9.40. The fraction of sp³-hybridized carbons (Fsp3) is 0.0800. The number of benzene rings is 2. The number of carbonyl (C=O) groups excluding carboxylic acids is 1. The molecule has 29 heavy (non-hydrogen) atoms. The van der Waals surface area contributed by atoms with Crippen LogP contribution in [0.15, 0.2) is 85.2 Å². The Balaban J connectivity index is 1.61. The monoisotopic (exact) mass is 380 g/mol. The number of aromatic nitrogens is 2. The Hall–Kier alpha value is -3.79. The Kier molecular flexibility index (Phi) is 5.43. The minimum Gasteiger partial charge on any atom is -0.487 e. The number of pyridine rings is 2. The third kappa shape index (κ3) is 4.38. The summed E-state index contributed by atoms with van der Waals surface area (Å²) >= 11 is 0. The molecule has 0 aliphatic rings. The van der Waals surface area contributed by atoms with Crippen LogP contribution in [0.5, 0.6) is 5.75 Å². The van der Waals surface area contributed by atoms with Crippen molar-refractivity contribution in [2.45, 2.75) is 13.5 Å². The highest BCUT2D eigenvalue weighted by Crippen LogP contribution is 2.26. The van der Waals surface area contributed by atoms with Crippen molar-refractivity contribution >= 4 is 28.3 Å². The van der Waals surface area contributed by atoms with Crippen LogP contribution in [0.1, 0.15) is 23.7 Å². The van der Waals surface area contributed by atoms with Crippen molar-refractivity contribution in [3.05, 3.63) is 102 Å². The van der Waals surface area contributed by atoms with E-state index in [4.69, 9.17) is 4.74 Å². The molecule has 0 bridgehead atoms. The van der Waals surface area contributed by atoms with E-state index < -0.39 is 0 Å². The van der Waals surface area contributed by atoms with E-state index in [0.717, 1.165) is 27.7 Å². The summed E-state index contributed by atoms with van der Waals surface area (Å²) in [6.07, 6.45) is 5.22. The second-order valence-corrected chi connectivity index (χ2v) is 6.67. The van der Waals surface area contributed by atoms with Gasteiger partial charge in [0, 0.05) is 28.9 Å². The predicted octanol–water partition coefficient (Wildman–Crippen LogP) is 5.34. The van der Waals surface area contributed by atoms with Gasteiger partial charge in [0.15, 0.2) is 5.78 Å².